The first-order valence-electron chi connectivity index (χ1n) is 9.95. The predicted molar refractivity (Wildman–Crippen MR) is 120 cm³/mol. The normalized spacial score (nSPS) is 11.8. The Morgan fingerprint density at radius 2 is 1.41 bits per heavy atom. The van der Waals surface area contributed by atoms with Gasteiger partial charge >= 0.3 is 0 Å². The number of aromatic nitrogens is 3. The summed E-state index contributed by atoms with van der Waals surface area (Å²) in [6.07, 6.45) is 0. The largest absolute Gasteiger partial charge is 0.496 e. The molecule has 0 fully saturated rings. The lowest BCUT2D eigenvalue weighted by molar-refractivity contribution is 0.174. The van der Waals surface area contributed by atoms with Gasteiger partial charge < -0.3 is 24.3 Å². The Morgan fingerprint density at radius 1 is 0.750 bits per heavy atom. The number of nitrogens with one attached hydrogen (secondary N) is 1. The van der Waals surface area contributed by atoms with E-state index in [9.17, 15) is 0 Å². The first-order chi connectivity index (χ1) is 15.8. The summed E-state index contributed by atoms with van der Waals surface area (Å²) in [5, 5.41) is 12.0. The lowest BCUT2D eigenvalue weighted by Crippen LogP contribution is -2.04. The Kier molecular flexibility index (Phi) is 5.17. The number of para-hydroxylation sites is 2. The Hall–Kier alpha value is -4.33. The van der Waals surface area contributed by atoms with E-state index in [0.717, 1.165) is 16.8 Å². The van der Waals surface area contributed by atoms with Crippen molar-refractivity contribution in [3.63, 3.8) is 0 Å². The predicted octanol–water partition coefficient (Wildman–Crippen LogP) is 4.70. The second kappa shape index (κ2) is 8.43. The molecule has 0 bridgehead atoms. The number of rotatable bonds is 6. The third-order valence-corrected chi connectivity index (χ3v) is 5.04. The molecule has 0 unspecified atom stereocenters. The summed E-state index contributed by atoms with van der Waals surface area (Å²) in [7, 11) is 3.25. The fourth-order valence-electron chi connectivity index (χ4n) is 3.53. The van der Waals surface area contributed by atoms with Gasteiger partial charge in [-0.3, -0.25) is 0 Å². The second-order valence-corrected chi connectivity index (χ2v) is 6.93. The van der Waals surface area contributed by atoms with E-state index in [-0.39, 0.29) is 6.79 Å². The number of hydrogen-bond donors (Lipinski definition) is 1. The molecule has 5 rings (SSSR count). The highest BCUT2D eigenvalue weighted by Gasteiger charge is 2.20. The van der Waals surface area contributed by atoms with Crippen molar-refractivity contribution in [1.82, 2.24) is 15.2 Å². The molecular weight excluding hydrogens is 408 g/mol. The van der Waals surface area contributed by atoms with E-state index in [0.29, 0.717) is 40.3 Å². The zero-order valence-electron chi connectivity index (χ0n) is 17.5. The Balaban J connectivity index is 1.62. The van der Waals surface area contributed by atoms with Crippen molar-refractivity contribution in [2.24, 2.45) is 0 Å². The van der Waals surface area contributed by atoms with E-state index in [1.165, 1.54) is 0 Å². The molecule has 4 aromatic rings. The van der Waals surface area contributed by atoms with Gasteiger partial charge in [-0.1, -0.05) is 24.3 Å². The van der Waals surface area contributed by atoms with Crippen molar-refractivity contribution in [3.05, 3.63) is 66.7 Å². The molecule has 0 spiro atoms. The maximum atomic E-state index is 5.59. The van der Waals surface area contributed by atoms with Crippen molar-refractivity contribution < 1.29 is 18.9 Å². The van der Waals surface area contributed by atoms with Crippen LogP contribution in [0.2, 0.25) is 0 Å². The van der Waals surface area contributed by atoms with Crippen LogP contribution in [0.5, 0.6) is 23.0 Å². The van der Waals surface area contributed by atoms with Crippen LogP contribution >= 0.6 is 0 Å². The highest BCUT2D eigenvalue weighted by Crippen LogP contribution is 2.39. The molecule has 3 aromatic carbocycles. The molecule has 2 heterocycles. The molecule has 1 N–H and O–H groups in total. The molecule has 0 amide bonds. The summed E-state index contributed by atoms with van der Waals surface area (Å²) in [5.74, 6) is 3.06. The summed E-state index contributed by atoms with van der Waals surface area (Å²) in [4.78, 5) is 4.80. The summed E-state index contributed by atoms with van der Waals surface area (Å²) >= 11 is 0. The smallest absolute Gasteiger partial charge is 0.247 e. The molecule has 1 aliphatic heterocycles. The number of anilines is 2. The number of fused-ring (bicyclic) bond motifs is 1. The van der Waals surface area contributed by atoms with Crippen LogP contribution in [0, 0.1) is 0 Å². The zero-order valence-corrected chi connectivity index (χ0v) is 17.5. The van der Waals surface area contributed by atoms with Crippen molar-refractivity contribution in [1.29, 1.82) is 0 Å². The average molecular weight is 428 g/mol. The number of ether oxygens (including phenoxy) is 4. The Labute approximate surface area is 184 Å². The van der Waals surface area contributed by atoms with Crippen LogP contribution in [0.25, 0.3) is 22.5 Å². The van der Waals surface area contributed by atoms with E-state index in [1.807, 2.05) is 66.7 Å². The average Bonchev–Trinajstić information content (AvgIpc) is 3.32. The van der Waals surface area contributed by atoms with E-state index in [2.05, 4.69) is 15.5 Å². The Morgan fingerprint density at radius 3 is 2.12 bits per heavy atom. The molecule has 160 valence electrons. The van der Waals surface area contributed by atoms with E-state index >= 15 is 0 Å². The molecule has 32 heavy (non-hydrogen) atoms. The molecule has 0 aliphatic carbocycles. The minimum Gasteiger partial charge on any atom is -0.496 e. The van der Waals surface area contributed by atoms with Crippen LogP contribution in [0.1, 0.15) is 0 Å². The molecule has 1 aromatic heterocycles. The molecular formula is C24H20N4O4. The van der Waals surface area contributed by atoms with Crippen LogP contribution in [0.4, 0.5) is 11.6 Å². The van der Waals surface area contributed by atoms with E-state index < -0.39 is 0 Å². The molecule has 8 nitrogen and oxygen atoms in total. The lowest BCUT2D eigenvalue weighted by Gasteiger charge is -2.14. The third-order valence-electron chi connectivity index (χ3n) is 5.04. The number of methoxy groups -OCH3 is 2. The van der Waals surface area contributed by atoms with Crippen LogP contribution < -0.4 is 24.3 Å². The third kappa shape index (κ3) is 3.62. The van der Waals surface area contributed by atoms with Gasteiger partial charge in [0.25, 0.3) is 0 Å². The highest BCUT2D eigenvalue weighted by atomic mass is 16.7. The van der Waals surface area contributed by atoms with E-state index in [1.54, 1.807) is 14.2 Å². The first kappa shape index (κ1) is 19.6. The summed E-state index contributed by atoms with van der Waals surface area (Å²) in [6.45, 7) is 0.211. The van der Waals surface area contributed by atoms with Gasteiger partial charge in [-0.2, -0.15) is 0 Å². The van der Waals surface area contributed by atoms with Crippen LogP contribution in [0.3, 0.4) is 0 Å². The van der Waals surface area contributed by atoms with Crippen molar-refractivity contribution in [3.8, 4) is 45.5 Å². The quantitative estimate of drug-likeness (QED) is 0.473. The van der Waals surface area contributed by atoms with Crippen LogP contribution in [-0.2, 0) is 0 Å². The molecule has 8 heteroatoms. The SMILES string of the molecule is COc1ccccc1-c1nnc(Nc2ccc3c(c2)OCO3)nc1-c1ccccc1OC. The summed E-state index contributed by atoms with van der Waals surface area (Å²) < 4.78 is 22.0. The minimum absolute atomic E-state index is 0.211. The minimum atomic E-state index is 0.211. The summed E-state index contributed by atoms with van der Waals surface area (Å²) in [6, 6.07) is 20.8. The second-order valence-electron chi connectivity index (χ2n) is 6.93. The van der Waals surface area contributed by atoms with Gasteiger partial charge in [-0.25, -0.2) is 4.98 Å². The topological polar surface area (TPSA) is 87.6 Å². The van der Waals surface area contributed by atoms with E-state index in [4.69, 9.17) is 23.9 Å². The monoisotopic (exact) mass is 428 g/mol. The highest BCUT2D eigenvalue weighted by molar-refractivity contribution is 5.84. The summed E-state index contributed by atoms with van der Waals surface area (Å²) in [5.41, 5.74) is 3.53. The number of hydrogen-bond acceptors (Lipinski definition) is 8. The number of nitrogens with zero attached hydrogens (tertiary/aromatic N) is 3. The van der Waals surface area contributed by atoms with Gasteiger partial charge in [-0.05, 0) is 36.4 Å². The van der Waals surface area contributed by atoms with Gasteiger partial charge in [0.05, 0.1) is 14.2 Å². The van der Waals surface area contributed by atoms with Gasteiger partial charge in [0.15, 0.2) is 11.5 Å². The van der Waals surface area contributed by atoms with Gasteiger partial charge in [0.2, 0.25) is 12.7 Å². The van der Waals surface area contributed by atoms with Crippen molar-refractivity contribution in [2.45, 2.75) is 0 Å². The fraction of sp³-hybridized carbons (Fsp3) is 0.125. The fourth-order valence-corrected chi connectivity index (χ4v) is 3.53. The van der Waals surface area contributed by atoms with Gasteiger partial charge in [0, 0.05) is 22.9 Å². The van der Waals surface area contributed by atoms with Gasteiger partial charge in [0.1, 0.15) is 22.9 Å². The van der Waals surface area contributed by atoms with Crippen molar-refractivity contribution >= 4 is 11.6 Å². The maximum Gasteiger partial charge on any atom is 0.247 e. The lowest BCUT2D eigenvalue weighted by atomic mass is 10.0. The standard InChI is InChI=1S/C24H20N4O4/c1-29-18-9-5-3-7-16(18)22-23(17-8-4-6-10-19(17)30-2)27-28-24(26-22)25-15-11-12-20-21(13-15)32-14-31-20/h3-13H,14H2,1-2H3,(H,25,26,28). The first-order valence-corrected chi connectivity index (χ1v) is 9.95. The van der Waals surface area contributed by atoms with Crippen LogP contribution in [0.15, 0.2) is 66.7 Å². The van der Waals surface area contributed by atoms with Crippen molar-refractivity contribution in [2.75, 3.05) is 26.3 Å². The molecule has 1 aliphatic rings. The van der Waals surface area contributed by atoms with Crippen LogP contribution in [-0.4, -0.2) is 36.2 Å². The Bertz CT molecular complexity index is 1280. The zero-order chi connectivity index (χ0) is 21.9. The van der Waals surface area contributed by atoms with Gasteiger partial charge in [-0.15, -0.1) is 10.2 Å². The molecule has 0 saturated carbocycles. The molecule has 0 radical (unpaired) electrons. The maximum absolute atomic E-state index is 5.59. The molecule has 0 atom stereocenters. The number of benzene rings is 3. The molecule has 0 saturated heterocycles.